The van der Waals surface area contributed by atoms with Gasteiger partial charge in [0.05, 0.1) is 6.61 Å². The maximum Gasteiger partial charge on any atom is 0.243 e. The molecule has 0 aromatic carbocycles. The van der Waals surface area contributed by atoms with Crippen LogP contribution in [-0.4, -0.2) is 63.7 Å². The van der Waals surface area contributed by atoms with Gasteiger partial charge < -0.3 is 20.3 Å². The topological polar surface area (TPSA) is 66.0 Å². The summed E-state index contributed by atoms with van der Waals surface area (Å²) in [6.45, 7) is 5.75. The van der Waals surface area contributed by atoms with E-state index in [1.807, 2.05) is 0 Å². The van der Waals surface area contributed by atoms with Crippen LogP contribution in [0.2, 0.25) is 0 Å². The Morgan fingerprint density at radius 2 is 2.05 bits per heavy atom. The van der Waals surface area contributed by atoms with Gasteiger partial charge in [-0.25, -0.2) is 4.99 Å². The van der Waals surface area contributed by atoms with E-state index in [2.05, 4.69) is 29.5 Å². The predicted molar refractivity (Wildman–Crippen MR) is 87.6 cm³/mol. The summed E-state index contributed by atoms with van der Waals surface area (Å²) in [4.78, 5) is 17.5. The second-order valence-electron chi connectivity index (χ2n) is 5.41. The highest BCUT2D eigenvalue weighted by molar-refractivity contribution is 5.84. The van der Waals surface area contributed by atoms with Gasteiger partial charge in [-0.15, -0.1) is 0 Å². The number of aliphatic imine (C=N–C) groups is 1. The molecule has 0 radical (unpaired) electrons. The molecule has 6 heteroatoms. The SMILES string of the molecule is CCCCCC(C)NC(=NCC(=O)N(C)C)NCCOC. The van der Waals surface area contributed by atoms with Gasteiger partial charge in [0.15, 0.2) is 5.96 Å². The summed E-state index contributed by atoms with van der Waals surface area (Å²) >= 11 is 0. The number of hydrogen-bond donors (Lipinski definition) is 2. The molecule has 6 nitrogen and oxygen atoms in total. The molecule has 2 N–H and O–H groups in total. The van der Waals surface area contributed by atoms with E-state index in [1.165, 1.54) is 19.3 Å². The number of unbranched alkanes of at least 4 members (excludes halogenated alkanes) is 2. The summed E-state index contributed by atoms with van der Waals surface area (Å²) in [7, 11) is 5.13. The molecule has 0 aliphatic carbocycles. The van der Waals surface area contributed by atoms with Crippen LogP contribution in [0.25, 0.3) is 0 Å². The number of carbonyl (C=O) groups excluding carboxylic acids is 1. The number of rotatable bonds is 10. The molecule has 0 saturated heterocycles. The van der Waals surface area contributed by atoms with Crippen molar-refractivity contribution in [2.45, 2.75) is 45.6 Å². The highest BCUT2D eigenvalue weighted by atomic mass is 16.5. The normalized spacial score (nSPS) is 12.9. The smallest absolute Gasteiger partial charge is 0.243 e. The highest BCUT2D eigenvalue weighted by Gasteiger charge is 2.07. The van der Waals surface area contributed by atoms with E-state index in [0.29, 0.717) is 25.2 Å². The molecular weight excluding hydrogens is 268 g/mol. The van der Waals surface area contributed by atoms with Crippen LogP contribution in [0.3, 0.4) is 0 Å². The van der Waals surface area contributed by atoms with Crippen molar-refractivity contribution >= 4 is 11.9 Å². The number of nitrogens with zero attached hydrogens (tertiary/aromatic N) is 2. The first-order chi connectivity index (χ1) is 10.0. The first-order valence-corrected chi connectivity index (χ1v) is 7.75. The average molecular weight is 300 g/mol. The Balaban J connectivity index is 4.36. The monoisotopic (exact) mass is 300 g/mol. The minimum atomic E-state index is -0.0125. The van der Waals surface area contributed by atoms with E-state index in [-0.39, 0.29) is 12.5 Å². The maximum absolute atomic E-state index is 11.6. The van der Waals surface area contributed by atoms with Crippen molar-refractivity contribution in [3.63, 3.8) is 0 Å². The lowest BCUT2D eigenvalue weighted by atomic mass is 10.1. The van der Waals surface area contributed by atoms with Gasteiger partial charge in [-0.05, 0) is 13.3 Å². The van der Waals surface area contributed by atoms with Crippen LogP contribution in [0.1, 0.15) is 39.5 Å². The maximum atomic E-state index is 11.6. The number of carbonyl (C=O) groups is 1. The van der Waals surface area contributed by atoms with Gasteiger partial charge in [0, 0.05) is 33.8 Å². The number of methoxy groups -OCH3 is 1. The fraction of sp³-hybridized carbons (Fsp3) is 0.867. The van der Waals surface area contributed by atoms with Gasteiger partial charge in [0.1, 0.15) is 6.54 Å². The minimum absolute atomic E-state index is 0.0125. The van der Waals surface area contributed by atoms with Crippen LogP contribution in [0, 0.1) is 0 Å². The lowest BCUT2D eigenvalue weighted by molar-refractivity contribution is -0.127. The lowest BCUT2D eigenvalue weighted by Gasteiger charge is -2.18. The number of guanidine groups is 1. The zero-order valence-electron chi connectivity index (χ0n) is 14.2. The van der Waals surface area contributed by atoms with Crippen LogP contribution in [0.5, 0.6) is 0 Å². The van der Waals surface area contributed by atoms with Crippen molar-refractivity contribution in [1.82, 2.24) is 15.5 Å². The zero-order valence-corrected chi connectivity index (χ0v) is 14.2. The Hall–Kier alpha value is -1.30. The standard InChI is InChI=1S/C15H32N4O2/c1-6-7-8-9-13(2)18-15(16-10-11-21-5)17-12-14(20)19(3)4/h13H,6-12H2,1-5H3,(H2,16,17,18). The molecule has 1 unspecified atom stereocenters. The van der Waals surface area contributed by atoms with Gasteiger partial charge in [0.25, 0.3) is 0 Å². The van der Waals surface area contributed by atoms with E-state index in [1.54, 1.807) is 26.1 Å². The third-order valence-corrected chi connectivity index (χ3v) is 3.09. The summed E-state index contributed by atoms with van der Waals surface area (Å²) in [5, 5.41) is 6.52. The molecule has 124 valence electrons. The predicted octanol–water partition coefficient (Wildman–Crippen LogP) is 1.23. The molecule has 0 saturated carbocycles. The summed E-state index contributed by atoms with van der Waals surface area (Å²) < 4.78 is 5.02. The van der Waals surface area contributed by atoms with Crippen molar-refractivity contribution in [2.24, 2.45) is 4.99 Å². The highest BCUT2D eigenvalue weighted by Crippen LogP contribution is 2.02. The Bertz CT molecular complexity index is 306. The second-order valence-corrected chi connectivity index (χ2v) is 5.41. The largest absolute Gasteiger partial charge is 0.383 e. The Morgan fingerprint density at radius 1 is 1.33 bits per heavy atom. The molecule has 0 bridgehead atoms. The molecule has 0 spiro atoms. The number of amides is 1. The summed E-state index contributed by atoms with van der Waals surface area (Å²) in [6.07, 6.45) is 4.76. The van der Waals surface area contributed by atoms with Crippen molar-refractivity contribution in [3.05, 3.63) is 0 Å². The van der Waals surface area contributed by atoms with Gasteiger partial charge in [-0.2, -0.15) is 0 Å². The molecule has 0 rings (SSSR count). The second kappa shape index (κ2) is 12.4. The Labute approximate surface area is 129 Å². The van der Waals surface area contributed by atoms with Gasteiger partial charge >= 0.3 is 0 Å². The van der Waals surface area contributed by atoms with E-state index >= 15 is 0 Å². The molecule has 0 fully saturated rings. The quantitative estimate of drug-likeness (QED) is 0.362. The number of hydrogen-bond acceptors (Lipinski definition) is 3. The Morgan fingerprint density at radius 3 is 2.62 bits per heavy atom. The number of nitrogens with one attached hydrogen (secondary N) is 2. The first-order valence-electron chi connectivity index (χ1n) is 7.75. The van der Waals surface area contributed by atoms with Crippen LogP contribution < -0.4 is 10.6 Å². The van der Waals surface area contributed by atoms with Gasteiger partial charge in [-0.1, -0.05) is 26.2 Å². The molecule has 0 aromatic rings. The van der Waals surface area contributed by atoms with E-state index in [4.69, 9.17) is 4.74 Å². The molecule has 0 aliphatic heterocycles. The van der Waals surface area contributed by atoms with Crippen LogP contribution in [0.15, 0.2) is 4.99 Å². The van der Waals surface area contributed by atoms with E-state index < -0.39 is 0 Å². The Kier molecular flexibility index (Phi) is 11.7. The molecular formula is C15H32N4O2. The average Bonchev–Trinajstić information content (AvgIpc) is 2.44. The van der Waals surface area contributed by atoms with Crippen molar-refractivity contribution in [1.29, 1.82) is 0 Å². The summed E-state index contributed by atoms with van der Waals surface area (Å²) in [5.74, 6) is 0.660. The molecule has 0 aliphatic rings. The number of ether oxygens (including phenoxy) is 1. The zero-order chi connectivity index (χ0) is 16.1. The molecule has 0 heterocycles. The van der Waals surface area contributed by atoms with Crippen molar-refractivity contribution in [2.75, 3.05) is 40.9 Å². The molecule has 0 aromatic heterocycles. The van der Waals surface area contributed by atoms with E-state index in [0.717, 1.165) is 6.42 Å². The fourth-order valence-corrected chi connectivity index (χ4v) is 1.72. The van der Waals surface area contributed by atoms with Crippen molar-refractivity contribution < 1.29 is 9.53 Å². The molecule has 21 heavy (non-hydrogen) atoms. The fourth-order valence-electron chi connectivity index (χ4n) is 1.72. The molecule has 1 amide bonds. The van der Waals surface area contributed by atoms with Crippen LogP contribution >= 0.6 is 0 Å². The minimum Gasteiger partial charge on any atom is -0.383 e. The van der Waals surface area contributed by atoms with Crippen LogP contribution in [0.4, 0.5) is 0 Å². The summed E-state index contributed by atoms with van der Waals surface area (Å²) in [5.41, 5.74) is 0. The van der Waals surface area contributed by atoms with Crippen molar-refractivity contribution in [3.8, 4) is 0 Å². The number of likely N-dealkylation sites (N-methyl/N-ethyl adjacent to an activating group) is 1. The van der Waals surface area contributed by atoms with Gasteiger partial charge in [-0.3, -0.25) is 4.79 Å². The van der Waals surface area contributed by atoms with Gasteiger partial charge in [0.2, 0.25) is 5.91 Å². The lowest BCUT2D eigenvalue weighted by Crippen LogP contribution is -2.44. The first kappa shape index (κ1) is 19.7. The molecule has 1 atom stereocenters. The summed E-state index contributed by atoms with van der Waals surface area (Å²) in [6, 6.07) is 0.333. The third kappa shape index (κ3) is 11.1. The van der Waals surface area contributed by atoms with Crippen LogP contribution in [-0.2, 0) is 9.53 Å². The van der Waals surface area contributed by atoms with E-state index in [9.17, 15) is 4.79 Å². The third-order valence-electron chi connectivity index (χ3n) is 3.09.